The van der Waals surface area contributed by atoms with Crippen LogP contribution in [0.15, 0.2) is 48.2 Å². The van der Waals surface area contributed by atoms with Crippen molar-refractivity contribution in [1.29, 1.82) is 0 Å². The predicted octanol–water partition coefficient (Wildman–Crippen LogP) is 2.33. The Kier molecular flexibility index (Phi) is 3.78. The van der Waals surface area contributed by atoms with Crippen LogP contribution in [0.2, 0.25) is 0 Å². The normalized spacial score (nSPS) is 15.1. The van der Waals surface area contributed by atoms with Gasteiger partial charge in [-0.3, -0.25) is 0 Å². The van der Waals surface area contributed by atoms with Crippen molar-refractivity contribution < 1.29 is 5.11 Å². The maximum atomic E-state index is 8.81. The number of allylic oxidation sites excluding steroid dienone is 3. The summed E-state index contributed by atoms with van der Waals surface area (Å²) in [4.78, 5) is 0. The molecule has 2 nitrogen and oxygen atoms in total. The zero-order chi connectivity index (χ0) is 11.2. The third-order valence-corrected chi connectivity index (χ3v) is 2.69. The average molecular weight is 215 g/mol. The van der Waals surface area contributed by atoms with Gasteiger partial charge < -0.3 is 10.4 Å². The minimum Gasteiger partial charge on any atom is -0.396 e. The molecule has 0 amide bonds. The number of benzene rings is 1. The fourth-order valence-corrected chi connectivity index (χ4v) is 1.85. The van der Waals surface area contributed by atoms with E-state index >= 15 is 0 Å². The van der Waals surface area contributed by atoms with E-state index in [0.717, 1.165) is 19.4 Å². The average Bonchev–Trinajstić information content (AvgIpc) is 2.38. The second-order valence-corrected chi connectivity index (χ2v) is 3.90. The van der Waals surface area contributed by atoms with E-state index in [4.69, 9.17) is 5.11 Å². The summed E-state index contributed by atoms with van der Waals surface area (Å²) >= 11 is 0. The highest BCUT2D eigenvalue weighted by Crippen LogP contribution is 2.20. The van der Waals surface area contributed by atoms with Crippen molar-refractivity contribution in [2.75, 3.05) is 13.2 Å². The quantitative estimate of drug-likeness (QED) is 0.808. The number of hydrogen-bond donors (Lipinski definition) is 2. The molecule has 2 heteroatoms. The van der Waals surface area contributed by atoms with Gasteiger partial charge in [-0.25, -0.2) is 0 Å². The molecule has 2 N–H and O–H groups in total. The molecule has 0 bridgehead atoms. The predicted molar refractivity (Wildman–Crippen MR) is 66.8 cm³/mol. The lowest BCUT2D eigenvalue weighted by Gasteiger charge is -2.16. The molecule has 0 spiro atoms. The Hall–Kier alpha value is -1.54. The molecule has 0 aliphatic carbocycles. The maximum absolute atomic E-state index is 8.81. The number of hydrogen-bond acceptors (Lipinski definition) is 2. The van der Waals surface area contributed by atoms with Crippen LogP contribution in [0.3, 0.4) is 0 Å². The van der Waals surface area contributed by atoms with Crippen LogP contribution in [0.25, 0.3) is 5.57 Å². The van der Waals surface area contributed by atoms with E-state index < -0.39 is 0 Å². The van der Waals surface area contributed by atoms with Gasteiger partial charge in [0.1, 0.15) is 0 Å². The molecule has 2 rings (SSSR count). The fraction of sp³-hybridized carbons (Fsp3) is 0.286. The first kappa shape index (κ1) is 11.0. The van der Waals surface area contributed by atoms with E-state index in [2.05, 4.69) is 41.7 Å². The van der Waals surface area contributed by atoms with Gasteiger partial charge in [0, 0.05) is 18.8 Å². The minimum atomic E-state index is 0.253. The molecule has 84 valence electrons. The monoisotopic (exact) mass is 215 g/mol. The van der Waals surface area contributed by atoms with Crippen molar-refractivity contribution in [2.45, 2.75) is 12.8 Å². The lowest BCUT2D eigenvalue weighted by atomic mass is 10.0. The molecule has 0 saturated heterocycles. The summed E-state index contributed by atoms with van der Waals surface area (Å²) in [5.41, 5.74) is 3.74. The first-order chi connectivity index (χ1) is 7.90. The van der Waals surface area contributed by atoms with E-state index in [-0.39, 0.29) is 6.61 Å². The van der Waals surface area contributed by atoms with Gasteiger partial charge in [-0.1, -0.05) is 36.4 Å². The Bertz CT molecular complexity index is 392. The van der Waals surface area contributed by atoms with Crippen molar-refractivity contribution in [1.82, 2.24) is 5.32 Å². The highest BCUT2D eigenvalue weighted by Gasteiger charge is 2.05. The summed E-state index contributed by atoms with van der Waals surface area (Å²) in [5.74, 6) is 0. The van der Waals surface area contributed by atoms with Gasteiger partial charge in [0.2, 0.25) is 0 Å². The van der Waals surface area contributed by atoms with Crippen molar-refractivity contribution in [2.24, 2.45) is 0 Å². The molecule has 1 aliphatic heterocycles. The molecular weight excluding hydrogens is 198 g/mol. The molecule has 1 aliphatic rings. The molecule has 0 aromatic heterocycles. The Morgan fingerprint density at radius 1 is 1.19 bits per heavy atom. The first-order valence-corrected chi connectivity index (χ1v) is 5.71. The fourth-order valence-electron chi connectivity index (χ4n) is 1.85. The summed E-state index contributed by atoms with van der Waals surface area (Å²) < 4.78 is 0. The number of nitrogens with one attached hydrogen (secondary N) is 1. The lowest BCUT2D eigenvalue weighted by molar-refractivity contribution is 0.287. The second-order valence-electron chi connectivity index (χ2n) is 3.90. The van der Waals surface area contributed by atoms with E-state index in [1.54, 1.807) is 0 Å². The van der Waals surface area contributed by atoms with Crippen LogP contribution in [-0.4, -0.2) is 18.3 Å². The van der Waals surface area contributed by atoms with Gasteiger partial charge in [0.25, 0.3) is 0 Å². The molecule has 1 aromatic rings. The van der Waals surface area contributed by atoms with Crippen LogP contribution in [0.4, 0.5) is 0 Å². The summed E-state index contributed by atoms with van der Waals surface area (Å²) in [7, 11) is 0. The van der Waals surface area contributed by atoms with Gasteiger partial charge in [-0.15, -0.1) is 0 Å². The molecule has 0 saturated carbocycles. The largest absolute Gasteiger partial charge is 0.396 e. The zero-order valence-corrected chi connectivity index (χ0v) is 9.32. The SMILES string of the molecule is OCCCC1=CC(c2ccccc2)=CCN1. The number of aliphatic hydroxyl groups excluding tert-OH is 1. The second kappa shape index (κ2) is 5.52. The van der Waals surface area contributed by atoms with Crippen LogP contribution in [0.1, 0.15) is 18.4 Å². The molecular formula is C14H17NO. The van der Waals surface area contributed by atoms with Gasteiger partial charge in [-0.2, -0.15) is 0 Å². The minimum absolute atomic E-state index is 0.253. The third-order valence-electron chi connectivity index (χ3n) is 2.69. The summed E-state index contributed by atoms with van der Waals surface area (Å²) in [6, 6.07) is 10.4. The highest BCUT2D eigenvalue weighted by molar-refractivity contribution is 5.75. The summed E-state index contributed by atoms with van der Waals surface area (Å²) in [5, 5.41) is 12.1. The van der Waals surface area contributed by atoms with Crippen LogP contribution < -0.4 is 5.32 Å². The highest BCUT2D eigenvalue weighted by atomic mass is 16.2. The number of rotatable bonds is 4. The van der Waals surface area contributed by atoms with Crippen molar-refractivity contribution in [3.05, 3.63) is 53.7 Å². The van der Waals surface area contributed by atoms with Gasteiger partial charge in [-0.05, 0) is 30.1 Å². The topological polar surface area (TPSA) is 32.3 Å². The van der Waals surface area contributed by atoms with Gasteiger partial charge in [0.05, 0.1) is 0 Å². The molecule has 16 heavy (non-hydrogen) atoms. The maximum Gasteiger partial charge on any atom is 0.0434 e. The summed E-state index contributed by atoms with van der Waals surface area (Å²) in [6.07, 6.45) is 6.11. The Morgan fingerprint density at radius 3 is 2.75 bits per heavy atom. The number of dihydropyridines is 1. The zero-order valence-electron chi connectivity index (χ0n) is 9.32. The third kappa shape index (κ3) is 2.74. The molecule has 0 fully saturated rings. The molecule has 0 radical (unpaired) electrons. The van der Waals surface area contributed by atoms with Gasteiger partial charge in [0.15, 0.2) is 0 Å². The van der Waals surface area contributed by atoms with Crippen molar-refractivity contribution in [3.63, 3.8) is 0 Å². The Morgan fingerprint density at radius 2 is 2.00 bits per heavy atom. The first-order valence-electron chi connectivity index (χ1n) is 5.71. The van der Waals surface area contributed by atoms with Gasteiger partial charge >= 0.3 is 0 Å². The Balaban J connectivity index is 2.11. The van der Waals surface area contributed by atoms with E-state index in [1.807, 2.05) is 6.07 Å². The van der Waals surface area contributed by atoms with E-state index in [0.29, 0.717) is 0 Å². The van der Waals surface area contributed by atoms with Crippen LogP contribution in [-0.2, 0) is 0 Å². The molecule has 0 atom stereocenters. The van der Waals surface area contributed by atoms with Crippen LogP contribution in [0, 0.1) is 0 Å². The lowest BCUT2D eigenvalue weighted by Crippen LogP contribution is -2.17. The standard InChI is InChI=1S/C14H17NO/c16-10-4-7-14-11-13(8-9-15-14)12-5-2-1-3-6-12/h1-3,5-6,8,11,15-16H,4,7,9-10H2. The van der Waals surface area contributed by atoms with Crippen LogP contribution in [0.5, 0.6) is 0 Å². The van der Waals surface area contributed by atoms with E-state index in [9.17, 15) is 0 Å². The molecule has 1 aromatic carbocycles. The van der Waals surface area contributed by atoms with E-state index in [1.165, 1.54) is 16.8 Å². The van der Waals surface area contributed by atoms with Crippen LogP contribution >= 0.6 is 0 Å². The van der Waals surface area contributed by atoms with Crippen molar-refractivity contribution >= 4 is 5.57 Å². The molecule has 1 heterocycles. The smallest absolute Gasteiger partial charge is 0.0434 e. The Labute approximate surface area is 96.3 Å². The summed E-state index contributed by atoms with van der Waals surface area (Å²) in [6.45, 7) is 1.13. The molecule has 0 unspecified atom stereocenters. The van der Waals surface area contributed by atoms with Crippen molar-refractivity contribution in [3.8, 4) is 0 Å². The number of aliphatic hydroxyl groups is 1.